The highest BCUT2D eigenvalue weighted by atomic mass is 16.7. The average molecular weight is 396 g/mol. The van der Waals surface area contributed by atoms with Crippen molar-refractivity contribution in [1.29, 1.82) is 0 Å². The van der Waals surface area contributed by atoms with Crippen LogP contribution in [0.25, 0.3) is 5.57 Å². The fourth-order valence-electron chi connectivity index (χ4n) is 4.35. The molecule has 0 radical (unpaired) electrons. The van der Waals surface area contributed by atoms with E-state index in [9.17, 15) is 4.79 Å². The highest BCUT2D eigenvalue weighted by Gasteiger charge is 2.41. The molecule has 7 heteroatoms. The van der Waals surface area contributed by atoms with Crippen molar-refractivity contribution in [1.82, 2.24) is 0 Å². The number of rotatable bonds is 4. The van der Waals surface area contributed by atoms with Crippen LogP contribution in [0.5, 0.6) is 28.7 Å². The molecule has 1 fully saturated rings. The lowest BCUT2D eigenvalue weighted by molar-refractivity contribution is -0.135. The van der Waals surface area contributed by atoms with Crippen LogP contribution < -0.4 is 23.7 Å². The van der Waals surface area contributed by atoms with E-state index >= 15 is 0 Å². The summed E-state index contributed by atoms with van der Waals surface area (Å²) in [5, 5.41) is 0. The van der Waals surface area contributed by atoms with Crippen LogP contribution in [0.1, 0.15) is 16.7 Å². The largest absolute Gasteiger partial charge is 0.493 e. The van der Waals surface area contributed by atoms with Crippen LogP contribution >= 0.6 is 0 Å². The minimum atomic E-state index is -0.305. The number of hydrogen-bond donors (Lipinski definition) is 0. The number of carbonyl (C=O) groups excluding carboxylic acids is 1. The first-order valence-electron chi connectivity index (χ1n) is 9.29. The third kappa shape index (κ3) is 2.53. The maximum atomic E-state index is 12.7. The van der Waals surface area contributed by atoms with Crippen molar-refractivity contribution in [2.45, 2.75) is 6.42 Å². The van der Waals surface area contributed by atoms with Gasteiger partial charge in [0.1, 0.15) is 0 Å². The number of esters is 1. The Morgan fingerprint density at radius 2 is 1.72 bits per heavy atom. The van der Waals surface area contributed by atoms with E-state index in [0.717, 1.165) is 22.3 Å². The standard InChI is InChI=1S/C22H20O7/c1-24-15-7-12(8-16(25-2)20(15)26-3)17-18-11(4-5-14-21(18)29-10-28-14)6-13-9-27-22(23)19(13)17/h4-5,7-8,13H,6,9-10H2,1-3H3/t13-/m1/s1. The quantitative estimate of drug-likeness (QED) is 0.736. The summed E-state index contributed by atoms with van der Waals surface area (Å²) in [5.74, 6) is 2.51. The SMILES string of the molecule is COc1cc(C2=C3C(=O)OC[C@H]3Cc3ccc4c(c32)OCO4)cc(OC)c1OC. The van der Waals surface area contributed by atoms with Crippen molar-refractivity contribution in [3.8, 4) is 28.7 Å². The van der Waals surface area contributed by atoms with Gasteiger partial charge in [0.05, 0.1) is 33.5 Å². The molecular weight excluding hydrogens is 376 g/mol. The normalized spacial score (nSPS) is 18.9. The van der Waals surface area contributed by atoms with Crippen molar-refractivity contribution in [3.63, 3.8) is 0 Å². The molecule has 2 aromatic carbocycles. The first-order chi connectivity index (χ1) is 14.2. The first-order valence-corrected chi connectivity index (χ1v) is 9.29. The molecule has 5 rings (SSSR count). The van der Waals surface area contributed by atoms with Crippen LogP contribution in [-0.2, 0) is 16.0 Å². The Hall–Kier alpha value is -3.35. The summed E-state index contributed by atoms with van der Waals surface area (Å²) in [6.45, 7) is 0.521. The minimum Gasteiger partial charge on any atom is -0.493 e. The maximum absolute atomic E-state index is 12.7. The summed E-state index contributed by atoms with van der Waals surface area (Å²) in [7, 11) is 4.68. The van der Waals surface area contributed by atoms with E-state index in [2.05, 4.69) is 0 Å². The molecule has 0 amide bonds. The van der Waals surface area contributed by atoms with Crippen LogP contribution in [0.4, 0.5) is 0 Å². The van der Waals surface area contributed by atoms with E-state index in [1.165, 1.54) is 0 Å². The molecule has 2 heterocycles. The monoisotopic (exact) mass is 396 g/mol. The Labute approximate surface area is 167 Å². The van der Waals surface area contributed by atoms with Crippen LogP contribution in [0, 0.1) is 5.92 Å². The van der Waals surface area contributed by atoms with Crippen molar-refractivity contribution in [2.75, 3.05) is 34.7 Å². The summed E-state index contributed by atoms with van der Waals surface area (Å²) in [6, 6.07) is 7.63. The Balaban J connectivity index is 1.82. The number of hydrogen-bond acceptors (Lipinski definition) is 7. The van der Waals surface area contributed by atoms with Gasteiger partial charge in [-0.05, 0) is 35.7 Å². The summed E-state index contributed by atoms with van der Waals surface area (Å²) in [5.41, 5.74) is 4.13. The average Bonchev–Trinajstić information content (AvgIpc) is 3.37. The van der Waals surface area contributed by atoms with Gasteiger partial charge < -0.3 is 28.4 Å². The Bertz CT molecular complexity index is 1030. The molecule has 1 aliphatic carbocycles. The van der Waals surface area contributed by atoms with Crippen molar-refractivity contribution in [3.05, 3.63) is 46.5 Å². The molecule has 150 valence electrons. The minimum absolute atomic E-state index is 0.00976. The Morgan fingerprint density at radius 3 is 2.41 bits per heavy atom. The van der Waals surface area contributed by atoms with E-state index in [-0.39, 0.29) is 18.7 Å². The number of benzene rings is 2. The van der Waals surface area contributed by atoms with Crippen LogP contribution in [0.2, 0.25) is 0 Å². The van der Waals surface area contributed by atoms with Crippen LogP contribution in [0.3, 0.4) is 0 Å². The molecule has 0 saturated carbocycles. The second-order valence-electron chi connectivity index (χ2n) is 7.04. The van der Waals surface area contributed by atoms with Gasteiger partial charge in [0, 0.05) is 17.1 Å². The smallest absolute Gasteiger partial charge is 0.335 e. The molecule has 29 heavy (non-hydrogen) atoms. The number of methoxy groups -OCH3 is 3. The predicted molar refractivity (Wildman–Crippen MR) is 103 cm³/mol. The van der Waals surface area contributed by atoms with E-state index in [0.29, 0.717) is 47.3 Å². The Kier molecular flexibility index (Phi) is 4.04. The third-order valence-corrected chi connectivity index (χ3v) is 5.61. The van der Waals surface area contributed by atoms with E-state index in [1.807, 2.05) is 24.3 Å². The van der Waals surface area contributed by atoms with E-state index in [4.69, 9.17) is 28.4 Å². The molecule has 2 aliphatic heterocycles. The molecule has 7 nitrogen and oxygen atoms in total. The molecule has 0 N–H and O–H groups in total. The van der Waals surface area contributed by atoms with Crippen molar-refractivity contribution < 1.29 is 33.2 Å². The number of cyclic esters (lactones) is 1. The van der Waals surface area contributed by atoms with Gasteiger partial charge in [-0.25, -0.2) is 4.79 Å². The molecular formula is C22H20O7. The molecule has 1 saturated heterocycles. The predicted octanol–water partition coefficient (Wildman–Crippen LogP) is 2.97. The third-order valence-electron chi connectivity index (χ3n) is 5.61. The lowest BCUT2D eigenvalue weighted by atomic mass is 9.77. The number of fused-ring (bicyclic) bond motifs is 4. The second-order valence-corrected chi connectivity index (χ2v) is 7.04. The highest BCUT2D eigenvalue weighted by molar-refractivity contribution is 6.06. The number of carbonyl (C=O) groups is 1. The summed E-state index contributed by atoms with van der Waals surface area (Å²) < 4.78 is 33.3. The van der Waals surface area contributed by atoms with Gasteiger partial charge >= 0.3 is 5.97 Å². The zero-order valence-corrected chi connectivity index (χ0v) is 16.4. The van der Waals surface area contributed by atoms with E-state index < -0.39 is 0 Å². The fraction of sp³-hybridized carbons (Fsp3) is 0.318. The van der Waals surface area contributed by atoms with Gasteiger partial charge in [-0.3, -0.25) is 0 Å². The molecule has 2 aromatic rings. The zero-order valence-electron chi connectivity index (χ0n) is 16.4. The lowest BCUT2D eigenvalue weighted by Crippen LogP contribution is -2.17. The maximum Gasteiger partial charge on any atom is 0.335 e. The van der Waals surface area contributed by atoms with Gasteiger partial charge in [0.15, 0.2) is 23.0 Å². The molecule has 0 bridgehead atoms. The van der Waals surface area contributed by atoms with Gasteiger partial charge in [-0.15, -0.1) is 0 Å². The molecule has 3 aliphatic rings. The van der Waals surface area contributed by atoms with Crippen molar-refractivity contribution in [2.24, 2.45) is 5.92 Å². The van der Waals surface area contributed by atoms with Crippen LogP contribution in [0.15, 0.2) is 29.8 Å². The second kappa shape index (κ2) is 6.62. The molecule has 1 atom stereocenters. The fourth-order valence-corrected chi connectivity index (χ4v) is 4.35. The van der Waals surface area contributed by atoms with Gasteiger partial charge in [-0.1, -0.05) is 6.07 Å². The van der Waals surface area contributed by atoms with Gasteiger partial charge in [0.25, 0.3) is 0 Å². The summed E-state index contributed by atoms with van der Waals surface area (Å²) >= 11 is 0. The molecule has 0 spiro atoms. The topological polar surface area (TPSA) is 72.5 Å². The molecule has 0 aromatic heterocycles. The first kappa shape index (κ1) is 17.7. The van der Waals surface area contributed by atoms with Gasteiger partial charge in [-0.2, -0.15) is 0 Å². The zero-order chi connectivity index (χ0) is 20.1. The molecule has 0 unspecified atom stereocenters. The highest BCUT2D eigenvalue weighted by Crippen LogP contribution is 2.51. The summed E-state index contributed by atoms with van der Waals surface area (Å²) in [6.07, 6.45) is 0.709. The van der Waals surface area contributed by atoms with Crippen LogP contribution in [-0.4, -0.2) is 40.7 Å². The van der Waals surface area contributed by atoms with E-state index in [1.54, 1.807) is 21.3 Å². The Morgan fingerprint density at radius 1 is 0.966 bits per heavy atom. The van der Waals surface area contributed by atoms with Gasteiger partial charge in [0.2, 0.25) is 12.5 Å². The van der Waals surface area contributed by atoms with Crippen molar-refractivity contribution >= 4 is 11.5 Å². The lowest BCUT2D eigenvalue weighted by Gasteiger charge is -2.26. The summed E-state index contributed by atoms with van der Waals surface area (Å²) in [4.78, 5) is 12.7. The number of ether oxygens (including phenoxy) is 6.